The molecule has 0 aliphatic heterocycles. The third-order valence-electron chi connectivity index (χ3n) is 2.77. The highest BCUT2D eigenvalue weighted by Crippen LogP contribution is 2.20. The predicted octanol–water partition coefficient (Wildman–Crippen LogP) is 1.25. The molecule has 0 spiro atoms. The maximum absolute atomic E-state index is 10.6. The van der Waals surface area contributed by atoms with E-state index in [1.165, 1.54) is 0 Å². The van der Waals surface area contributed by atoms with Crippen LogP contribution in [0.3, 0.4) is 0 Å². The van der Waals surface area contributed by atoms with E-state index in [1.54, 1.807) is 0 Å². The van der Waals surface area contributed by atoms with Crippen molar-refractivity contribution in [2.45, 2.75) is 33.6 Å². The number of nitrogens with two attached hydrogens (primary N) is 1. The van der Waals surface area contributed by atoms with Crippen molar-refractivity contribution in [1.82, 2.24) is 15.3 Å². The summed E-state index contributed by atoms with van der Waals surface area (Å²) in [5.41, 5.74) is 5.99. The lowest BCUT2D eigenvalue weighted by Crippen LogP contribution is -2.33. The molecule has 0 saturated heterocycles. The van der Waals surface area contributed by atoms with Crippen LogP contribution in [0.4, 0.5) is 16.4 Å². The van der Waals surface area contributed by atoms with Crippen LogP contribution >= 0.6 is 0 Å². The summed E-state index contributed by atoms with van der Waals surface area (Å²) in [5.74, 6) is 2.45. The molecule has 0 bridgehead atoms. The fourth-order valence-electron chi connectivity index (χ4n) is 1.68. The first kappa shape index (κ1) is 16.0. The van der Waals surface area contributed by atoms with Gasteiger partial charge in [-0.25, -0.2) is 14.8 Å². The lowest BCUT2D eigenvalue weighted by Gasteiger charge is -2.14. The van der Waals surface area contributed by atoms with Gasteiger partial charge in [-0.05, 0) is 13.3 Å². The van der Waals surface area contributed by atoms with Gasteiger partial charge < -0.3 is 21.7 Å². The molecule has 0 saturated carbocycles. The Hall–Kier alpha value is -2.05. The van der Waals surface area contributed by atoms with Gasteiger partial charge in [-0.3, -0.25) is 0 Å². The second kappa shape index (κ2) is 8.19. The number of aromatic nitrogens is 2. The number of aryl methyl sites for hydroxylation is 1. The van der Waals surface area contributed by atoms with Crippen LogP contribution in [0.25, 0.3) is 0 Å². The molecule has 7 nitrogen and oxygen atoms in total. The number of primary amides is 1. The molecular weight excluding hydrogens is 256 g/mol. The van der Waals surface area contributed by atoms with E-state index >= 15 is 0 Å². The smallest absolute Gasteiger partial charge is 0.312 e. The van der Waals surface area contributed by atoms with E-state index < -0.39 is 6.03 Å². The van der Waals surface area contributed by atoms with Crippen molar-refractivity contribution >= 4 is 17.7 Å². The summed E-state index contributed by atoms with van der Waals surface area (Å²) in [6.07, 6.45) is 1.81. The van der Waals surface area contributed by atoms with Crippen molar-refractivity contribution in [3.8, 4) is 0 Å². The first-order valence-electron chi connectivity index (χ1n) is 6.97. The quantitative estimate of drug-likeness (QED) is 0.536. The number of hydrogen-bond acceptors (Lipinski definition) is 5. The van der Waals surface area contributed by atoms with E-state index in [1.807, 2.05) is 13.8 Å². The van der Waals surface area contributed by atoms with Gasteiger partial charge in [0.1, 0.15) is 17.5 Å². The van der Waals surface area contributed by atoms with Crippen LogP contribution in [0, 0.1) is 6.92 Å². The Morgan fingerprint density at radius 1 is 1.10 bits per heavy atom. The van der Waals surface area contributed by atoms with Gasteiger partial charge >= 0.3 is 6.03 Å². The summed E-state index contributed by atoms with van der Waals surface area (Å²) >= 11 is 0. The summed E-state index contributed by atoms with van der Waals surface area (Å²) in [6, 6.07) is -0.522. The van der Waals surface area contributed by atoms with Crippen molar-refractivity contribution in [3.05, 3.63) is 11.4 Å². The Balaban J connectivity index is 2.74. The second-order valence-electron chi connectivity index (χ2n) is 4.46. The zero-order valence-corrected chi connectivity index (χ0v) is 12.4. The topological polar surface area (TPSA) is 105 Å². The fourth-order valence-corrected chi connectivity index (χ4v) is 1.68. The third-order valence-corrected chi connectivity index (χ3v) is 2.77. The molecule has 0 fully saturated rings. The zero-order chi connectivity index (χ0) is 15.0. The highest BCUT2D eigenvalue weighted by molar-refractivity contribution is 5.71. The van der Waals surface area contributed by atoms with Crippen LogP contribution < -0.4 is 21.7 Å². The molecule has 20 heavy (non-hydrogen) atoms. The number of amides is 2. The second-order valence-corrected chi connectivity index (χ2v) is 4.46. The van der Waals surface area contributed by atoms with Crippen LogP contribution in [0.1, 0.15) is 31.7 Å². The molecule has 5 N–H and O–H groups in total. The number of rotatable bonds is 8. The molecule has 1 aromatic heterocycles. The zero-order valence-electron chi connectivity index (χ0n) is 12.4. The molecule has 0 atom stereocenters. The van der Waals surface area contributed by atoms with Crippen molar-refractivity contribution < 1.29 is 4.79 Å². The number of nitrogens with zero attached hydrogens (tertiary/aromatic N) is 2. The normalized spacial score (nSPS) is 10.2. The molecule has 7 heteroatoms. The maximum atomic E-state index is 10.6. The summed E-state index contributed by atoms with van der Waals surface area (Å²) in [5, 5.41) is 9.03. The average Bonchev–Trinajstić information content (AvgIpc) is 2.43. The van der Waals surface area contributed by atoms with Crippen molar-refractivity contribution in [1.29, 1.82) is 0 Å². The minimum atomic E-state index is -0.522. The van der Waals surface area contributed by atoms with E-state index in [9.17, 15) is 4.79 Å². The average molecular weight is 280 g/mol. The summed E-state index contributed by atoms with van der Waals surface area (Å²) in [7, 11) is 0. The van der Waals surface area contributed by atoms with Crippen LogP contribution in [-0.2, 0) is 6.42 Å². The molecule has 0 radical (unpaired) electrons. The Bertz CT molecular complexity index is 449. The standard InChI is InChI=1S/C13H24N6O/c1-4-6-15-11-9(3)12(19-10(5-2)18-11)16-7-8-17-13(14)20/h4-8H2,1-3H3,(H3,14,17,20)(H2,15,16,18,19). The van der Waals surface area contributed by atoms with Crippen molar-refractivity contribution in [2.75, 3.05) is 30.3 Å². The molecule has 0 aliphatic carbocycles. The van der Waals surface area contributed by atoms with Crippen LogP contribution in [0.15, 0.2) is 0 Å². The molecule has 1 heterocycles. The number of carbonyl (C=O) groups is 1. The van der Waals surface area contributed by atoms with Gasteiger partial charge in [0.15, 0.2) is 0 Å². The fraction of sp³-hybridized carbons (Fsp3) is 0.615. The molecule has 1 aromatic rings. The Labute approximate surface area is 119 Å². The maximum Gasteiger partial charge on any atom is 0.312 e. The molecular formula is C13H24N6O. The van der Waals surface area contributed by atoms with Gasteiger partial charge in [0.05, 0.1) is 0 Å². The van der Waals surface area contributed by atoms with Crippen LogP contribution in [-0.4, -0.2) is 35.6 Å². The van der Waals surface area contributed by atoms with Gasteiger partial charge in [-0.15, -0.1) is 0 Å². The highest BCUT2D eigenvalue weighted by Gasteiger charge is 2.09. The van der Waals surface area contributed by atoms with Gasteiger partial charge in [-0.2, -0.15) is 0 Å². The van der Waals surface area contributed by atoms with Gasteiger partial charge in [0.25, 0.3) is 0 Å². The minimum Gasteiger partial charge on any atom is -0.370 e. The van der Waals surface area contributed by atoms with Gasteiger partial charge in [0, 0.05) is 31.6 Å². The summed E-state index contributed by atoms with van der Waals surface area (Å²) in [6.45, 7) is 8.01. The van der Waals surface area contributed by atoms with E-state index in [-0.39, 0.29) is 0 Å². The molecule has 1 rings (SSSR count). The van der Waals surface area contributed by atoms with Gasteiger partial charge in [-0.1, -0.05) is 13.8 Å². The largest absolute Gasteiger partial charge is 0.370 e. The van der Waals surface area contributed by atoms with Crippen molar-refractivity contribution in [3.63, 3.8) is 0 Å². The minimum absolute atomic E-state index is 0.456. The number of urea groups is 1. The molecule has 112 valence electrons. The number of nitrogens with one attached hydrogen (secondary N) is 3. The van der Waals surface area contributed by atoms with Crippen LogP contribution in [0.2, 0.25) is 0 Å². The molecule has 2 amide bonds. The van der Waals surface area contributed by atoms with E-state index in [2.05, 4.69) is 32.8 Å². The van der Waals surface area contributed by atoms with E-state index in [0.29, 0.717) is 13.1 Å². The monoisotopic (exact) mass is 280 g/mol. The lowest BCUT2D eigenvalue weighted by molar-refractivity contribution is 0.249. The lowest BCUT2D eigenvalue weighted by atomic mass is 10.2. The van der Waals surface area contributed by atoms with E-state index in [4.69, 9.17) is 5.73 Å². The van der Waals surface area contributed by atoms with Gasteiger partial charge in [0.2, 0.25) is 0 Å². The Morgan fingerprint density at radius 3 is 2.20 bits per heavy atom. The first-order chi connectivity index (χ1) is 9.58. The Morgan fingerprint density at radius 2 is 1.70 bits per heavy atom. The summed E-state index contributed by atoms with van der Waals surface area (Å²) in [4.78, 5) is 19.6. The SMILES string of the molecule is CCCNc1nc(CC)nc(NCCNC(N)=O)c1C. The number of hydrogen-bond donors (Lipinski definition) is 4. The first-order valence-corrected chi connectivity index (χ1v) is 6.97. The molecule has 0 unspecified atom stereocenters. The van der Waals surface area contributed by atoms with Crippen molar-refractivity contribution in [2.24, 2.45) is 5.73 Å². The highest BCUT2D eigenvalue weighted by atomic mass is 16.2. The third kappa shape index (κ3) is 4.91. The molecule has 0 aromatic carbocycles. The number of anilines is 2. The predicted molar refractivity (Wildman–Crippen MR) is 81.0 cm³/mol. The van der Waals surface area contributed by atoms with Crippen LogP contribution in [0.5, 0.6) is 0 Å². The Kier molecular flexibility index (Phi) is 6.55. The molecule has 0 aliphatic rings. The number of carbonyl (C=O) groups excluding carboxylic acids is 1. The van der Waals surface area contributed by atoms with E-state index in [0.717, 1.165) is 42.4 Å². The summed E-state index contributed by atoms with van der Waals surface area (Å²) < 4.78 is 0.